The van der Waals surface area contributed by atoms with Crippen LogP contribution in [0.1, 0.15) is 325 Å². The Hall–Kier alpha value is -5.92. The molecular formula is C89H141NO19. The summed E-state index contributed by atoms with van der Waals surface area (Å²) < 4.78 is 43.8. The molecule has 14 rings (SSSR count). The molecule has 20 heteroatoms. The van der Waals surface area contributed by atoms with Crippen LogP contribution >= 0.6 is 0 Å². The van der Waals surface area contributed by atoms with E-state index in [4.69, 9.17) is 42.7 Å². The largest absolute Gasteiger partial charge is 0.463 e. The Morgan fingerprint density at radius 1 is 0.550 bits per heavy atom. The number of cyclic esters (lactones) is 1. The number of benzene rings is 1. The molecule has 8 atom stereocenters. The maximum atomic E-state index is 12.8. The van der Waals surface area contributed by atoms with Crippen LogP contribution in [0.15, 0.2) is 35.5 Å². The van der Waals surface area contributed by atoms with Crippen molar-refractivity contribution in [2.45, 2.75) is 360 Å². The third-order valence-electron chi connectivity index (χ3n) is 27.8. The zero-order valence-corrected chi connectivity index (χ0v) is 70.9. The van der Waals surface area contributed by atoms with Gasteiger partial charge in [0.2, 0.25) is 6.10 Å². The molecule has 0 amide bonds. The Kier molecular flexibility index (Phi) is 30.2. The van der Waals surface area contributed by atoms with Gasteiger partial charge >= 0.3 is 53.7 Å². The highest BCUT2D eigenvalue weighted by Gasteiger charge is 2.65. The van der Waals surface area contributed by atoms with Crippen molar-refractivity contribution in [1.29, 1.82) is 0 Å². The minimum atomic E-state index is -0.687. The summed E-state index contributed by atoms with van der Waals surface area (Å²) in [6.07, 6.45) is 24.3. The van der Waals surface area contributed by atoms with Gasteiger partial charge in [-0.1, -0.05) is 104 Å². The number of fused-ring (bicyclic) bond motifs is 1. The van der Waals surface area contributed by atoms with Crippen molar-refractivity contribution in [3.8, 4) is 0 Å². The average Bonchev–Trinajstić information content (AvgIpc) is 1.20. The van der Waals surface area contributed by atoms with E-state index in [1.54, 1.807) is 27.7 Å². The van der Waals surface area contributed by atoms with Crippen molar-refractivity contribution >= 4 is 59.4 Å². The van der Waals surface area contributed by atoms with Gasteiger partial charge in [-0.2, -0.15) is 0 Å². The molecule has 13 aliphatic rings. The Morgan fingerprint density at radius 3 is 1.50 bits per heavy atom. The monoisotopic (exact) mass is 1530 g/mol. The fourth-order valence-electron chi connectivity index (χ4n) is 18.4. The quantitative estimate of drug-likeness (QED) is 0.0351. The van der Waals surface area contributed by atoms with Gasteiger partial charge in [0.1, 0.15) is 29.0 Å². The van der Waals surface area contributed by atoms with Crippen LogP contribution in [0.3, 0.4) is 0 Å². The van der Waals surface area contributed by atoms with Crippen molar-refractivity contribution in [2.24, 2.45) is 96.8 Å². The fraction of sp³-hybridized carbons (Fsp3) is 0.820. The molecule has 109 heavy (non-hydrogen) atoms. The summed E-state index contributed by atoms with van der Waals surface area (Å²) in [6.45, 7) is 43.1. The first-order chi connectivity index (χ1) is 50.8. The second kappa shape index (κ2) is 36.5. The first kappa shape index (κ1) is 90.3. The molecule has 1 aromatic rings. The number of hydrogen-bond acceptors (Lipinski definition) is 20. The predicted octanol–water partition coefficient (Wildman–Crippen LogP) is 18.1. The van der Waals surface area contributed by atoms with E-state index in [0.29, 0.717) is 67.6 Å². The molecule has 11 saturated carbocycles. The maximum Gasteiger partial charge on any atom is 0.347 e. The Morgan fingerprint density at radius 2 is 1.03 bits per heavy atom. The van der Waals surface area contributed by atoms with Crippen LogP contribution < -0.4 is 0 Å². The number of ether oxygens (including phenoxy) is 8. The van der Waals surface area contributed by atoms with Gasteiger partial charge in [0.25, 0.3) is 0 Å². The van der Waals surface area contributed by atoms with Gasteiger partial charge < -0.3 is 47.8 Å². The molecule has 0 spiro atoms. The van der Waals surface area contributed by atoms with Crippen LogP contribution in [0.2, 0.25) is 0 Å². The standard InChI is InChI=1S/C19H32O2.C16H22O6.C16H26O3.C14H19NO2.C14H26O2.C10H16O4/c1-6-18(4,5)17(20)21-19(12(2)3)15-8-13-7-14(10-15)11-16(19)9-13;1-4-16(2,3)15(19)20-7-11(17)21-12-8-5-9-10(6-8)14(18)22-13(9)12;1-4-14(2,3)13(17)19-16-8-11-5-12(9-16)7-15(18,6-11)10-16;1-5-14(3,4)13(16)17-15-11(2)12-9-7-6-8-10-12;1-5-13(3,4)12(15)16-14(6-2)10-8-7-9-11-14;1-4-10(2,3)9(12)14-7-5-6-13-8(7)11/h12-16H,6-11H2,1-5H3;8-10,12-13H,4-7H2,1-3H3;11-12,18H,4-10H2,1-3H3;6-10H,5H2,1-4H3;5-11H2,1-4H3;7H,4-6H2,1-3H3/b;;;15-11+;;. The summed E-state index contributed by atoms with van der Waals surface area (Å²) in [7, 11) is 0. The molecule has 0 radical (unpaired) electrons. The number of oxime groups is 1. The summed E-state index contributed by atoms with van der Waals surface area (Å²) in [5.74, 6) is 2.73. The van der Waals surface area contributed by atoms with Crippen LogP contribution in [-0.4, -0.2) is 118 Å². The topological polar surface area (TPSA) is 269 Å². The molecule has 10 bridgehead atoms. The van der Waals surface area contributed by atoms with E-state index in [1.807, 2.05) is 127 Å². The molecule has 2 aliphatic heterocycles. The molecule has 20 nitrogen and oxygen atoms in total. The maximum absolute atomic E-state index is 12.8. The zero-order valence-electron chi connectivity index (χ0n) is 70.9. The molecule has 1 aromatic carbocycles. The van der Waals surface area contributed by atoms with Crippen molar-refractivity contribution in [3.05, 3.63) is 35.9 Å². The first-order valence-corrected chi connectivity index (χ1v) is 42.0. The smallest absolute Gasteiger partial charge is 0.347 e. The van der Waals surface area contributed by atoms with Gasteiger partial charge in [0.05, 0.1) is 56.3 Å². The molecular weight excluding hydrogens is 1390 g/mol. The van der Waals surface area contributed by atoms with E-state index in [9.17, 15) is 48.3 Å². The SMILES string of the molecule is CCC(C)(C)C(=O)O/N=C(\C)c1ccccc1.CCC(C)(C)C(=O)OC1(C(C)C)C2CC3CC(C2)CC1C3.CCC(C)(C)C(=O)OC12CC3CC(CC(O)(C3)C1)C2.CCC(C)(C)C(=O)OC1CCOC1=O.CCC(C)(C)C(=O)OCC(=O)OC1C2CC3C(=O)OC1C3C2.CCC1(OC(=O)C(C)(C)CC)CCCCC1. The van der Waals surface area contributed by atoms with E-state index < -0.39 is 51.3 Å². The highest BCUT2D eigenvalue weighted by atomic mass is 16.7. The number of hydrogen-bond donors (Lipinski definition) is 1. The van der Waals surface area contributed by atoms with Crippen LogP contribution in [-0.2, 0) is 85.9 Å². The van der Waals surface area contributed by atoms with Gasteiger partial charge in [0.15, 0.2) is 6.61 Å². The molecule has 13 fully saturated rings. The third-order valence-corrected chi connectivity index (χ3v) is 27.8. The highest BCUT2D eigenvalue weighted by molar-refractivity contribution is 5.98. The van der Waals surface area contributed by atoms with Crippen molar-refractivity contribution in [1.82, 2.24) is 0 Å². The minimum absolute atomic E-state index is 0.00636. The Balaban J connectivity index is 0.000000183. The lowest BCUT2D eigenvalue weighted by Gasteiger charge is -2.62. The van der Waals surface area contributed by atoms with Gasteiger partial charge in [0, 0.05) is 24.7 Å². The van der Waals surface area contributed by atoms with Gasteiger partial charge in [-0.25, -0.2) is 14.4 Å². The summed E-state index contributed by atoms with van der Waals surface area (Å²) >= 11 is 0. The summed E-state index contributed by atoms with van der Waals surface area (Å²) in [6, 6.07) is 9.64. The number of esters is 8. The Labute approximate surface area is 653 Å². The van der Waals surface area contributed by atoms with Crippen LogP contribution in [0.5, 0.6) is 0 Å². The second-order valence-electron chi connectivity index (χ2n) is 38.6. The number of carbonyl (C=O) groups is 9. The van der Waals surface area contributed by atoms with Crippen LogP contribution in [0.4, 0.5) is 0 Å². The average molecular weight is 1530 g/mol. The first-order valence-electron chi connectivity index (χ1n) is 42.0. The lowest BCUT2D eigenvalue weighted by molar-refractivity contribution is -0.231. The van der Waals surface area contributed by atoms with E-state index in [-0.39, 0.29) is 100 Å². The lowest BCUT2D eigenvalue weighted by Crippen LogP contribution is -2.63. The van der Waals surface area contributed by atoms with Crippen molar-refractivity contribution in [3.63, 3.8) is 0 Å². The van der Waals surface area contributed by atoms with E-state index in [1.165, 1.54) is 57.8 Å². The van der Waals surface area contributed by atoms with E-state index in [0.717, 1.165) is 101 Å². The molecule has 0 aromatic heterocycles. The normalized spacial score (nSPS) is 30.7. The van der Waals surface area contributed by atoms with Crippen molar-refractivity contribution < 1.29 is 91.0 Å². The van der Waals surface area contributed by atoms with Gasteiger partial charge in [-0.3, -0.25) is 28.8 Å². The molecule has 1 N–H and O–H groups in total. The molecule has 2 saturated heterocycles. The zero-order chi connectivity index (χ0) is 81.3. The van der Waals surface area contributed by atoms with Gasteiger partial charge in [-0.05, 0) is 285 Å². The number of nitrogens with zero attached hydrogens (tertiary/aromatic N) is 1. The molecule has 8 unspecified atom stereocenters. The van der Waals surface area contributed by atoms with Gasteiger partial charge in [-0.15, -0.1) is 0 Å². The number of carbonyl (C=O) groups excluding carboxylic acids is 9. The number of aliphatic hydroxyl groups is 1. The lowest BCUT2D eigenvalue weighted by atomic mass is 9.47. The third kappa shape index (κ3) is 21.9. The highest BCUT2D eigenvalue weighted by Crippen LogP contribution is 2.63. The predicted molar refractivity (Wildman–Crippen MR) is 416 cm³/mol. The van der Waals surface area contributed by atoms with Crippen molar-refractivity contribution in [2.75, 3.05) is 13.2 Å². The summed E-state index contributed by atoms with van der Waals surface area (Å²) in [4.78, 5) is 112. The van der Waals surface area contributed by atoms with Crippen LogP contribution in [0.25, 0.3) is 0 Å². The molecule has 11 aliphatic carbocycles. The summed E-state index contributed by atoms with van der Waals surface area (Å²) in [5.41, 5.74) is -2.30. The van der Waals surface area contributed by atoms with E-state index in [2.05, 4.69) is 32.9 Å². The molecule has 616 valence electrons. The second-order valence-corrected chi connectivity index (χ2v) is 38.6. The molecule has 2 heterocycles. The van der Waals surface area contributed by atoms with E-state index >= 15 is 0 Å². The number of rotatable bonds is 23. The minimum Gasteiger partial charge on any atom is -0.463 e. The fourth-order valence-corrected chi connectivity index (χ4v) is 18.4. The Bertz CT molecular complexity index is 3290. The van der Waals surface area contributed by atoms with Crippen LogP contribution in [0, 0.1) is 91.7 Å². The summed E-state index contributed by atoms with van der Waals surface area (Å²) in [5, 5.41) is 14.5.